The van der Waals surface area contributed by atoms with E-state index in [1.165, 1.54) is 0 Å². The van der Waals surface area contributed by atoms with Gasteiger partial charge in [-0.1, -0.05) is 18.2 Å². The number of H-pyrrole nitrogens is 1. The molecule has 3 heteroatoms. The molecular weight excluding hydrogens is 214 g/mol. The van der Waals surface area contributed by atoms with Gasteiger partial charge in [0, 0.05) is 10.9 Å². The van der Waals surface area contributed by atoms with Crippen LogP contribution in [0.1, 0.15) is 5.56 Å². The van der Waals surface area contributed by atoms with Crippen LogP contribution in [0.5, 0.6) is 5.75 Å². The molecule has 0 amide bonds. The van der Waals surface area contributed by atoms with Crippen molar-refractivity contribution >= 4 is 21.8 Å². The van der Waals surface area contributed by atoms with Crippen LogP contribution in [0.3, 0.4) is 0 Å². The van der Waals surface area contributed by atoms with Gasteiger partial charge in [-0.05, 0) is 30.7 Å². The molecule has 84 valence electrons. The molecule has 2 N–H and O–H groups in total. The van der Waals surface area contributed by atoms with Crippen molar-refractivity contribution in [1.82, 2.24) is 4.98 Å². The molecule has 0 aliphatic carbocycles. The topological polar surface area (TPSA) is 53.1 Å². The van der Waals surface area contributed by atoms with E-state index in [0.29, 0.717) is 16.3 Å². The lowest BCUT2D eigenvalue weighted by molar-refractivity contribution is 0.481. The summed E-state index contributed by atoms with van der Waals surface area (Å²) in [5.41, 5.74) is 2.31. The van der Waals surface area contributed by atoms with Crippen molar-refractivity contribution in [3.63, 3.8) is 0 Å². The summed E-state index contributed by atoms with van der Waals surface area (Å²) in [6.45, 7) is 1.91. The molecule has 0 fully saturated rings. The first kappa shape index (κ1) is 9.90. The molecular formula is C14H11NO2. The lowest BCUT2D eigenvalue weighted by atomic mass is 10.1. The molecule has 17 heavy (non-hydrogen) atoms. The van der Waals surface area contributed by atoms with E-state index in [2.05, 4.69) is 4.98 Å². The number of aromatic nitrogens is 1. The van der Waals surface area contributed by atoms with Crippen molar-refractivity contribution in [2.75, 3.05) is 0 Å². The zero-order valence-corrected chi connectivity index (χ0v) is 9.32. The lowest BCUT2D eigenvalue weighted by Crippen LogP contribution is -2.05. The Morgan fingerprint density at radius 1 is 1.12 bits per heavy atom. The van der Waals surface area contributed by atoms with Gasteiger partial charge in [0.15, 0.2) is 0 Å². The van der Waals surface area contributed by atoms with Gasteiger partial charge in [-0.25, -0.2) is 0 Å². The summed E-state index contributed by atoms with van der Waals surface area (Å²) in [4.78, 5) is 15.5. The Kier molecular flexibility index (Phi) is 1.95. The Morgan fingerprint density at radius 2 is 1.88 bits per heavy atom. The highest BCUT2D eigenvalue weighted by atomic mass is 16.3. The van der Waals surface area contributed by atoms with Gasteiger partial charge in [0.05, 0.1) is 10.9 Å². The van der Waals surface area contributed by atoms with Crippen LogP contribution in [0, 0.1) is 6.92 Å². The number of phenols is 1. The number of fused-ring (bicyclic) bond motifs is 2. The van der Waals surface area contributed by atoms with Crippen LogP contribution >= 0.6 is 0 Å². The molecule has 3 aromatic rings. The lowest BCUT2D eigenvalue weighted by Gasteiger charge is -2.06. The first-order chi connectivity index (χ1) is 8.18. The average Bonchev–Trinajstić information content (AvgIpc) is 2.34. The van der Waals surface area contributed by atoms with Crippen LogP contribution < -0.4 is 5.43 Å². The second-order valence-electron chi connectivity index (χ2n) is 4.15. The highest BCUT2D eigenvalue weighted by Crippen LogP contribution is 2.24. The normalized spacial score (nSPS) is 11.1. The maximum Gasteiger partial charge on any atom is 0.200 e. The van der Waals surface area contributed by atoms with Gasteiger partial charge >= 0.3 is 0 Å². The van der Waals surface area contributed by atoms with Crippen LogP contribution in [-0.4, -0.2) is 10.1 Å². The maximum absolute atomic E-state index is 12.3. The van der Waals surface area contributed by atoms with Crippen LogP contribution in [0.4, 0.5) is 0 Å². The van der Waals surface area contributed by atoms with Gasteiger partial charge in [-0.15, -0.1) is 0 Å². The van der Waals surface area contributed by atoms with E-state index >= 15 is 0 Å². The van der Waals surface area contributed by atoms with E-state index in [-0.39, 0.29) is 11.2 Å². The minimum atomic E-state index is -0.129. The third-order valence-corrected chi connectivity index (χ3v) is 3.05. The zero-order valence-electron chi connectivity index (χ0n) is 9.32. The first-order valence-electron chi connectivity index (χ1n) is 5.42. The second kappa shape index (κ2) is 3.35. The van der Waals surface area contributed by atoms with Gasteiger partial charge in [-0.3, -0.25) is 4.79 Å². The Balaban J connectivity index is 2.69. The Bertz CT molecular complexity index is 787. The molecule has 0 radical (unpaired) electrons. The Morgan fingerprint density at radius 3 is 2.71 bits per heavy atom. The van der Waals surface area contributed by atoms with E-state index in [1.54, 1.807) is 18.2 Å². The van der Waals surface area contributed by atoms with Crippen molar-refractivity contribution in [3.05, 3.63) is 52.2 Å². The number of rotatable bonds is 0. The molecule has 1 aromatic heterocycles. The van der Waals surface area contributed by atoms with Crippen LogP contribution in [-0.2, 0) is 0 Å². The number of aryl methyl sites for hydroxylation is 1. The van der Waals surface area contributed by atoms with E-state index in [0.717, 1.165) is 11.1 Å². The number of benzene rings is 2. The smallest absolute Gasteiger partial charge is 0.200 e. The van der Waals surface area contributed by atoms with Crippen LogP contribution in [0.2, 0.25) is 0 Å². The number of aromatic amines is 1. The third-order valence-electron chi connectivity index (χ3n) is 3.05. The SMILES string of the molecule is Cc1ccc(O)c2c(=O)c3ccccc3[nH]c12. The molecule has 2 aromatic carbocycles. The predicted molar refractivity (Wildman–Crippen MR) is 68.5 cm³/mol. The van der Waals surface area contributed by atoms with Crippen molar-refractivity contribution in [1.29, 1.82) is 0 Å². The molecule has 0 bridgehead atoms. The molecule has 0 saturated carbocycles. The molecule has 0 aliphatic rings. The maximum atomic E-state index is 12.3. The summed E-state index contributed by atoms with van der Waals surface area (Å²) in [7, 11) is 0. The minimum absolute atomic E-state index is 0.0256. The number of pyridine rings is 1. The summed E-state index contributed by atoms with van der Waals surface area (Å²) in [6, 6.07) is 10.7. The van der Waals surface area contributed by atoms with Crippen LogP contribution in [0.25, 0.3) is 21.8 Å². The highest BCUT2D eigenvalue weighted by Gasteiger charge is 2.10. The predicted octanol–water partition coefficient (Wildman–Crippen LogP) is 2.70. The Labute approximate surface area is 97.3 Å². The number of para-hydroxylation sites is 1. The highest BCUT2D eigenvalue weighted by molar-refractivity contribution is 5.96. The molecule has 3 rings (SSSR count). The molecule has 0 saturated heterocycles. The summed E-state index contributed by atoms with van der Waals surface area (Å²) in [5, 5.41) is 10.8. The summed E-state index contributed by atoms with van der Waals surface area (Å²) in [6.07, 6.45) is 0. The van der Waals surface area contributed by atoms with Crippen molar-refractivity contribution < 1.29 is 5.11 Å². The quantitative estimate of drug-likeness (QED) is 0.578. The number of aromatic hydroxyl groups is 1. The number of nitrogens with one attached hydrogen (secondary N) is 1. The van der Waals surface area contributed by atoms with Crippen molar-refractivity contribution in [3.8, 4) is 5.75 Å². The van der Waals surface area contributed by atoms with Gasteiger partial charge in [0.1, 0.15) is 5.75 Å². The largest absolute Gasteiger partial charge is 0.507 e. The number of hydrogen-bond donors (Lipinski definition) is 2. The van der Waals surface area contributed by atoms with E-state index in [1.807, 2.05) is 25.1 Å². The van der Waals surface area contributed by atoms with Gasteiger partial charge in [-0.2, -0.15) is 0 Å². The average molecular weight is 225 g/mol. The summed E-state index contributed by atoms with van der Waals surface area (Å²) >= 11 is 0. The summed E-state index contributed by atoms with van der Waals surface area (Å²) < 4.78 is 0. The molecule has 1 heterocycles. The molecule has 0 spiro atoms. The number of phenolic OH excluding ortho intramolecular Hbond substituents is 1. The van der Waals surface area contributed by atoms with Crippen molar-refractivity contribution in [2.24, 2.45) is 0 Å². The van der Waals surface area contributed by atoms with Gasteiger partial charge in [0.25, 0.3) is 0 Å². The fourth-order valence-electron chi connectivity index (χ4n) is 2.15. The minimum Gasteiger partial charge on any atom is -0.507 e. The third kappa shape index (κ3) is 1.32. The Hall–Kier alpha value is -2.29. The van der Waals surface area contributed by atoms with E-state index in [9.17, 15) is 9.90 Å². The molecule has 3 nitrogen and oxygen atoms in total. The fraction of sp³-hybridized carbons (Fsp3) is 0.0714. The van der Waals surface area contributed by atoms with Gasteiger partial charge < -0.3 is 10.1 Å². The standard InChI is InChI=1S/C14H11NO2/c1-8-6-7-11(16)12-13(8)15-10-5-3-2-4-9(10)14(12)17/h2-7,16H,1H3,(H,15,17). The summed E-state index contributed by atoms with van der Waals surface area (Å²) in [5.74, 6) is 0.0256. The zero-order chi connectivity index (χ0) is 12.0. The van der Waals surface area contributed by atoms with E-state index in [4.69, 9.17) is 0 Å². The molecule has 0 unspecified atom stereocenters. The first-order valence-corrected chi connectivity index (χ1v) is 5.42. The van der Waals surface area contributed by atoms with Crippen molar-refractivity contribution in [2.45, 2.75) is 6.92 Å². The molecule has 0 atom stereocenters. The number of hydrogen-bond acceptors (Lipinski definition) is 2. The monoisotopic (exact) mass is 225 g/mol. The van der Waals surface area contributed by atoms with Crippen LogP contribution in [0.15, 0.2) is 41.2 Å². The molecule has 0 aliphatic heterocycles. The van der Waals surface area contributed by atoms with Gasteiger partial charge in [0.2, 0.25) is 5.43 Å². The second-order valence-corrected chi connectivity index (χ2v) is 4.15. The van der Waals surface area contributed by atoms with E-state index < -0.39 is 0 Å². The fourth-order valence-corrected chi connectivity index (χ4v) is 2.15.